The van der Waals surface area contributed by atoms with E-state index in [1.807, 2.05) is 21.1 Å². The number of quaternary nitrogens is 1. The van der Waals surface area contributed by atoms with Crippen LogP contribution in [0.25, 0.3) is 0 Å². The van der Waals surface area contributed by atoms with Crippen LogP contribution in [-0.4, -0.2) is 75.6 Å². The summed E-state index contributed by atoms with van der Waals surface area (Å²) in [6.45, 7) is 5.45. The summed E-state index contributed by atoms with van der Waals surface area (Å²) >= 11 is 0. The van der Waals surface area contributed by atoms with Gasteiger partial charge in [0.25, 0.3) is 0 Å². The molecule has 0 aromatic carbocycles. The highest BCUT2D eigenvalue weighted by atomic mass is 31.2. The van der Waals surface area contributed by atoms with E-state index in [1.165, 1.54) is 64.2 Å². The van der Waals surface area contributed by atoms with Gasteiger partial charge in [0.05, 0.1) is 34.4 Å². The summed E-state index contributed by atoms with van der Waals surface area (Å²) in [6, 6.07) is 0. The topological polar surface area (TPSA) is 91.3 Å². The molecule has 0 radical (unpaired) electrons. The van der Waals surface area contributed by atoms with Crippen molar-refractivity contribution in [2.24, 2.45) is 0 Å². The number of rotatable bonds is 34. The zero-order valence-electron chi connectivity index (χ0n) is 31.0. The van der Waals surface area contributed by atoms with E-state index in [0.717, 1.165) is 57.8 Å². The molecule has 0 spiro atoms. The molecule has 0 bridgehead atoms. The Morgan fingerprint density at radius 1 is 0.681 bits per heavy atom. The number of likely N-dealkylation sites (N-methyl/N-ethyl adjacent to an activating group) is 1. The number of allylic oxidation sites excluding steroid dienone is 6. The number of carbonyl (C=O) groups excluding carboxylic acids is 1. The Morgan fingerprint density at radius 2 is 1.23 bits per heavy atom. The molecule has 9 heteroatoms. The van der Waals surface area contributed by atoms with E-state index < -0.39 is 13.9 Å². The fourth-order valence-corrected chi connectivity index (χ4v) is 5.54. The second kappa shape index (κ2) is 32.0. The molecule has 0 aliphatic rings. The number of unbranched alkanes of at least 4 members (excludes halogenated alkanes) is 14. The summed E-state index contributed by atoms with van der Waals surface area (Å²) in [4.78, 5) is 22.7. The summed E-state index contributed by atoms with van der Waals surface area (Å²) in [6.07, 6.45) is 34.6. The lowest BCUT2D eigenvalue weighted by Gasteiger charge is -2.24. The third-order valence-corrected chi connectivity index (χ3v) is 8.70. The van der Waals surface area contributed by atoms with Crippen LogP contribution in [0.15, 0.2) is 36.5 Å². The SMILES string of the molecule is CC/C=C\C/C=C\C/C=C\CCCCCCCCOCC(COP(=O)(O)OCC[N+](C)(C)C)OC(=O)CCCCCCCCCCC. The molecular weight excluding hydrogens is 613 g/mol. The first-order valence-electron chi connectivity index (χ1n) is 18.7. The first-order chi connectivity index (χ1) is 22.6. The number of hydrogen-bond acceptors (Lipinski definition) is 6. The molecular formula is C38H73NO7P+. The smallest absolute Gasteiger partial charge is 0.457 e. The Labute approximate surface area is 289 Å². The molecule has 2 unspecified atom stereocenters. The van der Waals surface area contributed by atoms with Gasteiger partial charge in [-0.25, -0.2) is 4.57 Å². The van der Waals surface area contributed by atoms with Gasteiger partial charge in [-0.2, -0.15) is 0 Å². The van der Waals surface area contributed by atoms with Crippen molar-refractivity contribution in [2.75, 3.05) is 54.1 Å². The van der Waals surface area contributed by atoms with Crippen LogP contribution in [0.2, 0.25) is 0 Å². The Hall–Kier alpha value is -1.28. The Balaban J connectivity index is 4.29. The van der Waals surface area contributed by atoms with E-state index in [1.54, 1.807) is 0 Å². The molecule has 0 saturated heterocycles. The summed E-state index contributed by atoms with van der Waals surface area (Å²) in [5, 5.41) is 0. The first-order valence-corrected chi connectivity index (χ1v) is 20.2. The average molecular weight is 687 g/mol. The van der Waals surface area contributed by atoms with Crippen molar-refractivity contribution >= 4 is 13.8 Å². The van der Waals surface area contributed by atoms with Gasteiger partial charge in [-0.05, 0) is 44.9 Å². The summed E-state index contributed by atoms with van der Waals surface area (Å²) in [7, 11) is 1.65. The normalized spacial score (nSPS) is 14.4. The van der Waals surface area contributed by atoms with Gasteiger partial charge < -0.3 is 18.9 Å². The van der Waals surface area contributed by atoms with Gasteiger partial charge >= 0.3 is 13.8 Å². The van der Waals surface area contributed by atoms with Gasteiger partial charge in [-0.1, -0.05) is 127 Å². The quantitative estimate of drug-likeness (QED) is 0.0237. The van der Waals surface area contributed by atoms with Gasteiger partial charge in [-0.15, -0.1) is 0 Å². The van der Waals surface area contributed by atoms with Gasteiger partial charge in [0, 0.05) is 13.0 Å². The van der Waals surface area contributed by atoms with Gasteiger partial charge in [0.2, 0.25) is 0 Å². The molecule has 2 atom stereocenters. The van der Waals surface area contributed by atoms with Crippen molar-refractivity contribution in [3.63, 3.8) is 0 Å². The minimum atomic E-state index is -4.26. The average Bonchev–Trinajstić information content (AvgIpc) is 3.01. The van der Waals surface area contributed by atoms with Gasteiger partial charge in [0.15, 0.2) is 0 Å². The zero-order valence-corrected chi connectivity index (χ0v) is 31.9. The second-order valence-electron chi connectivity index (χ2n) is 13.6. The molecule has 0 fully saturated rings. The maximum atomic E-state index is 12.6. The van der Waals surface area contributed by atoms with E-state index in [9.17, 15) is 14.3 Å². The van der Waals surface area contributed by atoms with Crippen LogP contribution in [0.1, 0.15) is 142 Å². The fraction of sp³-hybridized carbons (Fsp3) is 0.816. The third kappa shape index (κ3) is 35.8. The van der Waals surface area contributed by atoms with Crippen molar-refractivity contribution in [1.82, 2.24) is 0 Å². The van der Waals surface area contributed by atoms with E-state index in [0.29, 0.717) is 24.1 Å². The fourth-order valence-electron chi connectivity index (χ4n) is 4.80. The van der Waals surface area contributed by atoms with E-state index in [-0.39, 0.29) is 25.8 Å². The van der Waals surface area contributed by atoms with Crippen LogP contribution in [-0.2, 0) is 27.9 Å². The van der Waals surface area contributed by atoms with E-state index in [4.69, 9.17) is 18.5 Å². The van der Waals surface area contributed by atoms with Crippen molar-refractivity contribution in [2.45, 2.75) is 148 Å². The lowest BCUT2D eigenvalue weighted by atomic mass is 10.1. The van der Waals surface area contributed by atoms with Crippen LogP contribution < -0.4 is 0 Å². The van der Waals surface area contributed by atoms with Gasteiger partial charge in [-0.3, -0.25) is 13.8 Å². The molecule has 47 heavy (non-hydrogen) atoms. The van der Waals surface area contributed by atoms with Crippen LogP contribution in [0.5, 0.6) is 0 Å². The molecule has 0 aromatic rings. The maximum absolute atomic E-state index is 12.6. The highest BCUT2D eigenvalue weighted by Gasteiger charge is 2.26. The lowest BCUT2D eigenvalue weighted by Crippen LogP contribution is -2.37. The highest BCUT2D eigenvalue weighted by Crippen LogP contribution is 2.43. The van der Waals surface area contributed by atoms with Crippen molar-refractivity contribution in [1.29, 1.82) is 0 Å². The molecule has 0 aliphatic heterocycles. The molecule has 276 valence electrons. The number of esters is 1. The molecule has 0 amide bonds. The number of phosphoric ester groups is 1. The molecule has 0 aliphatic carbocycles. The molecule has 0 rings (SSSR count). The summed E-state index contributed by atoms with van der Waals surface area (Å²) in [5.41, 5.74) is 0. The number of ether oxygens (including phenoxy) is 2. The van der Waals surface area contributed by atoms with E-state index >= 15 is 0 Å². The minimum Gasteiger partial charge on any atom is -0.457 e. The first kappa shape index (κ1) is 45.7. The Morgan fingerprint density at radius 3 is 1.85 bits per heavy atom. The predicted molar refractivity (Wildman–Crippen MR) is 196 cm³/mol. The number of carbonyl (C=O) groups is 1. The summed E-state index contributed by atoms with van der Waals surface area (Å²) in [5.74, 6) is -0.324. The minimum absolute atomic E-state index is 0.0859. The van der Waals surface area contributed by atoms with Crippen LogP contribution in [0, 0.1) is 0 Å². The van der Waals surface area contributed by atoms with Crippen molar-refractivity contribution in [3.05, 3.63) is 36.5 Å². The number of phosphoric acid groups is 1. The predicted octanol–water partition coefficient (Wildman–Crippen LogP) is 10.3. The molecule has 0 heterocycles. The second-order valence-corrected chi connectivity index (χ2v) is 15.0. The number of nitrogens with zero attached hydrogens (tertiary/aromatic N) is 1. The third-order valence-electron chi connectivity index (χ3n) is 7.72. The van der Waals surface area contributed by atoms with Crippen molar-refractivity contribution < 1.29 is 37.3 Å². The molecule has 0 aromatic heterocycles. The van der Waals surface area contributed by atoms with Crippen LogP contribution in [0.4, 0.5) is 0 Å². The molecule has 8 nitrogen and oxygen atoms in total. The largest absolute Gasteiger partial charge is 0.472 e. The van der Waals surface area contributed by atoms with Gasteiger partial charge in [0.1, 0.15) is 19.3 Å². The lowest BCUT2D eigenvalue weighted by molar-refractivity contribution is -0.870. The van der Waals surface area contributed by atoms with Crippen LogP contribution >= 0.6 is 7.82 Å². The monoisotopic (exact) mass is 687 g/mol. The molecule has 1 N–H and O–H groups in total. The van der Waals surface area contributed by atoms with Crippen LogP contribution in [0.3, 0.4) is 0 Å². The van der Waals surface area contributed by atoms with Crippen molar-refractivity contribution in [3.8, 4) is 0 Å². The summed E-state index contributed by atoms with van der Waals surface area (Å²) < 4.78 is 34.8. The Bertz CT molecular complexity index is 853. The highest BCUT2D eigenvalue weighted by molar-refractivity contribution is 7.47. The Kier molecular flexibility index (Phi) is 31.1. The standard InChI is InChI=1S/C38H72NO7P/c1-6-8-10-12-14-16-17-18-19-20-21-22-24-26-28-30-33-43-35-37(36-45-47(41,42)44-34-32-39(3,4)5)46-38(40)31-29-27-25-23-15-13-11-9-7-2/h8,10,14,16,18-19,37H,6-7,9,11-13,15,17,20-36H2,1-5H3/p+1/b10-8-,16-14-,19-18-. The number of hydrogen-bond donors (Lipinski definition) is 1. The molecule has 0 saturated carbocycles. The van der Waals surface area contributed by atoms with E-state index in [2.05, 4.69) is 50.3 Å². The maximum Gasteiger partial charge on any atom is 0.472 e. The zero-order chi connectivity index (χ0) is 34.9.